The number of hydrogen-bond acceptors (Lipinski definition) is 3. The third-order valence-corrected chi connectivity index (χ3v) is 2.35. The molecule has 0 aliphatic carbocycles. The van der Waals surface area contributed by atoms with E-state index in [0.29, 0.717) is 6.54 Å². The summed E-state index contributed by atoms with van der Waals surface area (Å²) in [6.07, 6.45) is 5.06. The minimum absolute atomic E-state index is 0.269. The number of pyridine rings is 2. The molecule has 2 heterocycles. The van der Waals surface area contributed by atoms with Crippen LogP contribution in [0.3, 0.4) is 0 Å². The predicted molar refractivity (Wildman–Crippen MR) is 60.5 cm³/mol. The number of aromatic nitrogens is 2. The second kappa shape index (κ2) is 4.70. The van der Waals surface area contributed by atoms with E-state index in [1.807, 2.05) is 13.0 Å². The molecule has 0 bridgehead atoms. The number of nitrogens with zero attached hydrogens (tertiary/aromatic N) is 2. The van der Waals surface area contributed by atoms with Gasteiger partial charge in [-0.2, -0.15) is 0 Å². The highest BCUT2D eigenvalue weighted by Gasteiger charge is 2.02. The molecular weight excluding hydrogens is 205 g/mol. The first-order chi connectivity index (χ1) is 7.77. The molecule has 16 heavy (non-hydrogen) atoms. The van der Waals surface area contributed by atoms with Gasteiger partial charge in [-0.3, -0.25) is 4.98 Å². The van der Waals surface area contributed by atoms with Crippen molar-refractivity contribution >= 4 is 5.82 Å². The van der Waals surface area contributed by atoms with Crippen LogP contribution in [0.5, 0.6) is 0 Å². The maximum atomic E-state index is 13.3. The minimum atomic E-state index is -0.343. The van der Waals surface area contributed by atoms with E-state index < -0.39 is 0 Å². The molecule has 0 radical (unpaired) electrons. The topological polar surface area (TPSA) is 37.8 Å². The lowest BCUT2D eigenvalue weighted by Crippen LogP contribution is -2.04. The molecule has 0 aliphatic heterocycles. The first-order valence-corrected chi connectivity index (χ1v) is 5.01. The molecule has 82 valence electrons. The van der Waals surface area contributed by atoms with Crippen LogP contribution in [0, 0.1) is 12.7 Å². The van der Waals surface area contributed by atoms with Gasteiger partial charge < -0.3 is 5.32 Å². The molecule has 0 amide bonds. The molecule has 0 spiro atoms. The Labute approximate surface area is 93.4 Å². The summed E-state index contributed by atoms with van der Waals surface area (Å²) in [7, 11) is 0. The van der Waals surface area contributed by atoms with E-state index in [4.69, 9.17) is 0 Å². The zero-order valence-corrected chi connectivity index (χ0v) is 8.94. The number of aryl methyl sites for hydroxylation is 1. The summed E-state index contributed by atoms with van der Waals surface area (Å²) < 4.78 is 13.3. The van der Waals surface area contributed by atoms with E-state index in [9.17, 15) is 4.39 Å². The monoisotopic (exact) mass is 217 g/mol. The lowest BCUT2D eigenvalue weighted by atomic mass is 10.1. The highest BCUT2D eigenvalue weighted by atomic mass is 19.1. The van der Waals surface area contributed by atoms with Gasteiger partial charge in [0.1, 0.15) is 0 Å². The van der Waals surface area contributed by atoms with Gasteiger partial charge in [-0.15, -0.1) is 0 Å². The van der Waals surface area contributed by atoms with E-state index in [-0.39, 0.29) is 11.6 Å². The van der Waals surface area contributed by atoms with Crippen LogP contribution in [0.1, 0.15) is 11.1 Å². The summed E-state index contributed by atoms with van der Waals surface area (Å²) in [5.74, 6) is -0.0743. The predicted octanol–water partition coefficient (Wildman–Crippen LogP) is 2.54. The van der Waals surface area contributed by atoms with E-state index in [1.54, 1.807) is 24.7 Å². The normalized spacial score (nSPS) is 10.1. The largest absolute Gasteiger partial charge is 0.363 e. The van der Waals surface area contributed by atoms with Crippen molar-refractivity contribution in [2.75, 3.05) is 5.32 Å². The van der Waals surface area contributed by atoms with Gasteiger partial charge >= 0.3 is 0 Å². The Morgan fingerprint density at radius 3 is 2.94 bits per heavy atom. The van der Waals surface area contributed by atoms with E-state index in [2.05, 4.69) is 15.3 Å². The molecule has 0 saturated heterocycles. The van der Waals surface area contributed by atoms with E-state index >= 15 is 0 Å². The average Bonchev–Trinajstić information content (AvgIpc) is 2.30. The smallest absolute Gasteiger partial charge is 0.165 e. The van der Waals surface area contributed by atoms with Gasteiger partial charge in [0.15, 0.2) is 11.6 Å². The van der Waals surface area contributed by atoms with Crippen LogP contribution in [0.15, 0.2) is 36.8 Å². The molecule has 0 unspecified atom stereocenters. The van der Waals surface area contributed by atoms with Gasteiger partial charge in [0.2, 0.25) is 0 Å². The fraction of sp³-hybridized carbons (Fsp3) is 0.167. The molecule has 4 heteroatoms. The van der Waals surface area contributed by atoms with Gasteiger partial charge in [-0.1, -0.05) is 0 Å². The van der Waals surface area contributed by atoms with Gasteiger partial charge in [0.25, 0.3) is 0 Å². The highest BCUT2D eigenvalue weighted by Crippen LogP contribution is 2.11. The minimum Gasteiger partial charge on any atom is -0.363 e. The van der Waals surface area contributed by atoms with Crippen molar-refractivity contribution in [2.24, 2.45) is 0 Å². The molecule has 2 aromatic rings. The van der Waals surface area contributed by atoms with Crippen molar-refractivity contribution in [1.29, 1.82) is 0 Å². The van der Waals surface area contributed by atoms with Gasteiger partial charge in [0.05, 0.1) is 0 Å². The number of anilines is 1. The fourth-order valence-electron chi connectivity index (χ4n) is 1.38. The molecule has 0 fully saturated rings. The highest BCUT2D eigenvalue weighted by molar-refractivity contribution is 5.37. The zero-order chi connectivity index (χ0) is 11.4. The summed E-state index contributed by atoms with van der Waals surface area (Å²) >= 11 is 0. The molecule has 2 aromatic heterocycles. The van der Waals surface area contributed by atoms with Crippen LogP contribution < -0.4 is 5.32 Å². The fourth-order valence-corrected chi connectivity index (χ4v) is 1.38. The van der Waals surface area contributed by atoms with Crippen LogP contribution in [0.25, 0.3) is 0 Å². The van der Waals surface area contributed by atoms with Crippen molar-refractivity contribution in [2.45, 2.75) is 13.5 Å². The Hall–Kier alpha value is -1.97. The number of rotatable bonds is 3. The van der Waals surface area contributed by atoms with Crippen molar-refractivity contribution < 1.29 is 4.39 Å². The molecule has 0 aromatic carbocycles. The molecule has 0 saturated carbocycles. The number of hydrogen-bond donors (Lipinski definition) is 1. The maximum absolute atomic E-state index is 13.3. The maximum Gasteiger partial charge on any atom is 0.165 e. The zero-order valence-electron chi connectivity index (χ0n) is 8.94. The SMILES string of the molecule is Cc1ccncc1CNc1ncccc1F. The molecule has 2 rings (SSSR count). The molecule has 0 atom stereocenters. The van der Waals surface area contributed by atoms with Crippen molar-refractivity contribution in [3.63, 3.8) is 0 Å². The van der Waals surface area contributed by atoms with Crippen molar-refractivity contribution in [3.8, 4) is 0 Å². The third-order valence-electron chi connectivity index (χ3n) is 2.35. The molecule has 0 aliphatic rings. The van der Waals surface area contributed by atoms with Crippen LogP contribution in [0.4, 0.5) is 10.2 Å². The second-order valence-electron chi connectivity index (χ2n) is 3.49. The molecular formula is C12H12FN3. The van der Waals surface area contributed by atoms with E-state index in [0.717, 1.165) is 11.1 Å². The summed E-state index contributed by atoms with van der Waals surface area (Å²) in [4.78, 5) is 7.94. The first-order valence-electron chi connectivity index (χ1n) is 5.01. The lowest BCUT2D eigenvalue weighted by Gasteiger charge is -2.07. The quantitative estimate of drug-likeness (QED) is 0.858. The van der Waals surface area contributed by atoms with Crippen LogP contribution >= 0.6 is 0 Å². The third kappa shape index (κ3) is 2.34. The summed E-state index contributed by atoms with van der Waals surface area (Å²) in [6, 6.07) is 4.87. The summed E-state index contributed by atoms with van der Waals surface area (Å²) in [6.45, 7) is 2.51. The van der Waals surface area contributed by atoms with Gasteiger partial charge in [-0.05, 0) is 36.2 Å². The number of halogens is 1. The van der Waals surface area contributed by atoms with Gasteiger partial charge in [-0.25, -0.2) is 9.37 Å². The Morgan fingerprint density at radius 2 is 2.19 bits per heavy atom. The standard InChI is InChI=1S/C12H12FN3/c1-9-4-6-14-7-10(9)8-16-12-11(13)3-2-5-15-12/h2-7H,8H2,1H3,(H,15,16). The first kappa shape index (κ1) is 10.5. The molecule has 1 N–H and O–H groups in total. The molecule has 3 nitrogen and oxygen atoms in total. The second-order valence-corrected chi connectivity index (χ2v) is 3.49. The number of nitrogens with one attached hydrogen (secondary N) is 1. The Bertz CT molecular complexity index is 440. The Kier molecular flexibility index (Phi) is 3.10. The Balaban J connectivity index is 2.09. The van der Waals surface area contributed by atoms with Crippen molar-refractivity contribution in [3.05, 3.63) is 53.7 Å². The summed E-state index contributed by atoms with van der Waals surface area (Å²) in [5, 5.41) is 2.94. The van der Waals surface area contributed by atoms with Crippen LogP contribution in [-0.4, -0.2) is 9.97 Å². The lowest BCUT2D eigenvalue weighted by molar-refractivity contribution is 0.624. The van der Waals surface area contributed by atoms with Crippen LogP contribution in [-0.2, 0) is 6.54 Å². The Morgan fingerprint density at radius 1 is 1.31 bits per heavy atom. The van der Waals surface area contributed by atoms with E-state index in [1.165, 1.54) is 6.07 Å². The summed E-state index contributed by atoms with van der Waals surface area (Å²) in [5.41, 5.74) is 2.16. The van der Waals surface area contributed by atoms with Gasteiger partial charge in [0, 0.05) is 25.1 Å². The van der Waals surface area contributed by atoms with Crippen molar-refractivity contribution in [1.82, 2.24) is 9.97 Å². The average molecular weight is 217 g/mol. The van der Waals surface area contributed by atoms with Crippen LogP contribution in [0.2, 0.25) is 0 Å².